The van der Waals surface area contributed by atoms with Gasteiger partial charge in [-0.05, 0) is 37.8 Å². The van der Waals surface area contributed by atoms with Crippen LogP contribution < -0.4 is 0 Å². The van der Waals surface area contributed by atoms with Crippen molar-refractivity contribution in [3.8, 4) is 0 Å². The largest absolute Gasteiger partial charge is 0.336 e. The van der Waals surface area contributed by atoms with Gasteiger partial charge in [-0.3, -0.25) is 9.89 Å². The summed E-state index contributed by atoms with van der Waals surface area (Å²) in [5, 5.41) is 19.8. The average Bonchev–Trinajstić information content (AvgIpc) is 3.20. The molecular formula is C16H18N8O. The van der Waals surface area contributed by atoms with Crippen LogP contribution in [0.4, 0.5) is 0 Å². The van der Waals surface area contributed by atoms with Crippen molar-refractivity contribution in [1.29, 1.82) is 0 Å². The Morgan fingerprint density at radius 1 is 1.08 bits per heavy atom. The number of piperidine rings is 1. The highest BCUT2D eigenvalue weighted by atomic mass is 16.2. The SMILES string of the molecule is O=C(c1ncn[nH]1)N1CCC(c2nnc3ccc(C4CC4)nn23)CC1. The fourth-order valence-corrected chi connectivity index (χ4v) is 3.47. The van der Waals surface area contributed by atoms with Crippen molar-refractivity contribution in [3.63, 3.8) is 0 Å². The summed E-state index contributed by atoms with van der Waals surface area (Å²) in [5.41, 5.74) is 1.92. The van der Waals surface area contributed by atoms with Crippen LogP contribution in [0.5, 0.6) is 0 Å². The predicted molar refractivity (Wildman–Crippen MR) is 87.0 cm³/mol. The molecular weight excluding hydrogens is 320 g/mol. The van der Waals surface area contributed by atoms with E-state index in [0.29, 0.717) is 24.8 Å². The number of likely N-dealkylation sites (tertiary alicyclic amines) is 1. The third-order valence-electron chi connectivity index (χ3n) is 5.07. The molecule has 1 aliphatic carbocycles. The number of rotatable bonds is 3. The Hall–Kier alpha value is -2.84. The van der Waals surface area contributed by atoms with Gasteiger partial charge in [-0.25, -0.2) is 4.98 Å². The summed E-state index contributed by atoms with van der Waals surface area (Å²) < 4.78 is 1.90. The number of hydrogen-bond donors (Lipinski definition) is 1. The van der Waals surface area contributed by atoms with E-state index in [0.717, 1.165) is 30.0 Å². The summed E-state index contributed by atoms with van der Waals surface area (Å²) in [6, 6.07) is 4.06. The first-order valence-corrected chi connectivity index (χ1v) is 8.66. The minimum absolute atomic E-state index is 0.101. The summed E-state index contributed by atoms with van der Waals surface area (Å²) in [6.07, 6.45) is 5.48. The highest BCUT2D eigenvalue weighted by molar-refractivity contribution is 5.90. The molecule has 9 heteroatoms. The second-order valence-electron chi connectivity index (χ2n) is 6.76. The Morgan fingerprint density at radius 2 is 1.92 bits per heavy atom. The number of amides is 1. The summed E-state index contributed by atoms with van der Waals surface area (Å²) in [6.45, 7) is 1.34. The molecule has 9 nitrogen and oxygen atoms in total. The zero-order chi connectivity index (χ0) is 16.8. The zero-order valence-corrected chi connectivity index (χ0v) is 13.7. The molecule has 0 bridgehead atoms. The lowest BCUT2D eigenvalue weighted by molar-refractivity contribution is 0.0698. The van der Waals surface area contributed by atoms with E-state index in [1.54, 1.807) is 0 Å². The van der Waals surface area contributed by atoms with Crippen molar-refractivity contribution >= 4 is 11.6 Å². The van der Waals surface area contributed by atoms with Gasteiger partial charge in [0, 0.05) is 24.9 Å². The van der Waals surface area contributed by atoms with E-state index in [1.165, 1.54) is 19.2 Å². The number of nitrogens with one attached hydrogen (secondary N) is 1. The van der Waals surface area contributed by atoms with Crippen molar-refractivity contribution < 1.29 is 4.79 Å². The third-order valence-corrected chi connectivity index (χ3v) is 5.07. The zero-order valence-electron chi connectivity index (χ0n) is 13.7. The molecule has 4 heterocycles. The number of aromatic nitrogens is 7. The van der Waals surface area contributed by atoms with Gasteiger partial charge in [0.25, 0.3) is 5.91 Å². The van der Waals surface area contributed by atoms with E-state index >= 15 is 0 Å². The van der Waals surface area contributed by atoms with Gasteiger partial charge >= 0.3 is 0 Å². The van der Waals surface area contributed by atoms with E-state index in [-0.39, 0.29) is 11.8 Å². The number of hydrogen-bond acceptors (Lipinski definition) is 6. The molecule has 1 saturated heterocycles. The molecule has 0 spiro atoms. The van der Waals surface area contributed by atoms with Gasteiger partial charge in [0.15, 0.2) is 11.5 Å². The lowest BCUT2D eigenvalue weighted by Crippen LogP contribution is -2.38. The molecule has 2 fully saturated rings. The molecule has 5 rings (SSSR count). The van der Waals surface area contributed by atoms with Crippen molar-refractivity contribution in [2.75, 3.05) is 13.1 Å². The van der Waals surface area contributed by atoms with E-state index in [4.69, 9.17) is 5.10 Å². The topological polar surface area (TPSA) is 105 Å². The highest BCUT2D eigenvalue weighted by Gasteiger charge is 2.30. The van der Waals surface area contributed by atoms with E-state index in [2.05, 4.69) is 31.4 Å². The van der Waals surface area contributed by atoms with Gasteiger partial charge in [-0.1, -0.05) is 0 Å². The highest BCUT2D eigenvalue weighted by Crippen LogP contribution is 2.39. The minimum Gasteiger partial charge on any atom is -0.336 e. The van der Waals surface area contributed by atoms with Crippen molar-refractivity contribution in [1.82, 2.24) is 39.9 Å². The molecule has 128 valence electrons. The van der Waals surface area contributed by atoms with Crippen LogP contribution in [0.25, 0.3) is 5.65 Å². The lowest BCUT2D eigenvalue weighted by Gasteiger charge is -2.30. The molecule has 0 atom stereocenters. The quantitative estimate of drug-likeness (QED) is 0.768. The summed E-state index contributed by atoms with van der Waals surface area (Å²) >= 11 is 0. The molecule has 0 radical (unpaired) electrons. The van der Waals surface area contributed by atoms with Gasteiger partial charge < -0.3 is 4.90 Å². The van der Waals surface area contributed by atoms with E-state index in [9.17, 15) is 4.79 Å². The van der Waals surface area contributed by atoms with Gasteiger partial charge in [0.05, 0.1) is 5.69 Å². The van der Waals surface area contributed by atoms with Gasteiger partial charge in [-0.2, -0.15) is 14.7 Å². The van der Waals surface area contributed by atoms with Crippen LogP contribution in [0, 0.1) is 0 Å². The maximum absolute atomic E-state index is 12.3. The first-order valence-electron chi connectivity index (χ1n) is 8.66. The fraction of sp³-hybridized carbons (Fsp3) is 0.500. The normalized spacial score (nSPS) is 18.8. The summed E-state index contributed by atoms with van der Waals surface area (Å²) in [4.78, 5) is 18.1. The summed E-state index contributed by atoms with van der Waals surface area (Å²) in [5.74, 6) is 1.96. The molecule has 25 heavy (non-hydrogen) atoms. The Bertz CT molecular complexity index is 906. The van der Waals surface area contributed by atoms with Crippen LogP contribution in [0.3, 0.4) is 0 Å². The molecule has 3 aromatic heterocycles. The van der Waals surface area contributed by atoms with Crippen LogP contribution in [-0.4, -0.2) is 58.9 Å². The number of H-pyrrole nitrogens is 1. The van der Waals surface area contributed by atoms with E-state index < -0.39 is 0 Å². The molecule has 0 unspecified atom stereocenters. The van der Waals surface area contributed by atoms with Crippen LogP contribution in [0.2, 0.25) is 0 Å². The Kier molecular flexibility index (Phi) is 3.25. The number of carbonyl (C=O) groups excluding carboxylic acids is 1. The number of nitrogens with zero attached hydrogens (tertiary/aromatic N) is 7. The number of carbonyl (C=O) groups is 1. The number of fused-ring (bicyclic) bond motifs is 1. The first kappa shape index (κ1) is 14.5. The standard InChI is InChI=1S/C16H18N8O/c25-16(14-17-9-18-20-14)23-7-5-11(6-8-23)15-21-19-13-4-3-12(10-1-2-10)22-24(13)15/h3-4,9-11H,1-2,5-8H2,(H,17,18,20). The second-order valence-corrected chi connectivity index (χ2v) is 6.76. The molecule has 0 aromatic carbocycles. The van der Waals surface area contributed by atoms with Crippen molar-refractivity contribution in [2.24, 2.45) is 0 Å². The molecule has 2 aliphatic rings. The fourth-order valence-electron chi connectivity index (χ4n) is 3.47. The lowest BCUT2D eigenvalue weighted by atomic mass is 9.96. The van der Waals surface area contributed by atoms with Crippen LogP contribution >= 0.6 is 0 Å². The predicted octanol–water partition coefficient (Wildman–Crippen LogP) is 1.14. The van der Waals surface area contributed by atoms with E-state index in [1.807, 2.05) is 15.5 Å². The monoisotopic (exact) mass is 338 g/mol. The van der Waals surface area contributed by atoms with Crippen molar-refractivity contribution in [3.05, 3.63) is 35.8 Å². The molecule has 1 aliphatic heterocycles. The van der Waals surface area contributed by atoms with Crippen LogP contribution in [0.1, 0.15) is 59.7 Å². The maximum Gasteiger partial charge on any atom is 0.291 e. The summed E-state index contributed by atoms with van der Waals surface area (Å²) in [7, 11) is 0. The van der Waals surface area contributed by atoms with Crippen molar-refractivity contribution in [2.45, 2.75) is 37.5 Å². The average molecular weight is 338 g/mol. The Morgan fingerprint density at radius 3 is 2.64 bits per heavy atom. The second kappa shape index (κ2) is 5.61. The van der Waals surface area contributed by atoms with Gasteiger partial charge in [-0.15, -0.1) is 10.2 Å². The molecule has 1 saturated carbocycles. The van der Waals surface area contributed by atoms with Gasteiger partial charge in [0.2, 0.25) is 5.82 Å². The maximum atomic E-state index is 12.3. The molecule has 1 amide bonds. The minimum atomic E-state index is -0.101. The first-order chi connectivity index (χ1) is 12.3. The van der Waals surface area contributed by atoms with Gasteiger partial charge in [0.1, 0.15) is 6.33 Å². The smallest absolute Gasteiger partial charge is 0.291 e. The third kappa shape index (κ3) is 2.55. The number of aromatic amines is 1. The molecule has 3 aromatic rings. The van der Waals surface area contributed by atoms with Crippen LogP contribution in [-0.2, 0) is 0 Å². The Labute approximate surface area is 143 Å². The van der Waals surface area contributed by atoms with Crippen LogP contribution in [0.15, 0.2) is 18.5 Å². The molecule has 1 N–H and O–H groups in total. The Balaban J connectivity index is 1.34.